The van der Waals surface area contributed by atoms with Crippen LogP contribution in [0.4, 0.5) is 15.6 Å². The number of carbonyl (C=O) groups is 2. The van der Waals surface area contributed by atoms with Crippen molar-refractivity contribution in [2.45, 2.75) is 6.42 Å². The number of nitrogens with zero attached hydrogens (tertiary/aromatic N) is 3. The van der Waals surface area contributed by atoms with Gasteiger partial charge in [-0.3, -0.25) is 15.0 Å². The third-order valence-corrected chi connectivity index (χ3v) is 3.04. The van der Waals surface area contributed by atoms with Gasteiger partial charge in [-0.25, -0.2) is 4.79 Å². The highest BCUT2D eigenvalue weighted by atomic mass is 32.1. The monoisotopic (exact) mass is 292 g/mol. The Balaban J connectivity index is 2.13. The molecule has 0 spiro atoms. The van der Waals surface area contributed by atoms with E-state index in [1.54, 1.807) is 24.3 Å². The predicted molar refractivity (Wildman–Crippen MR) is 75.0 cm³/mol. The lowest BCUT2D eigenvalue weighted by molar-refractivity contribution is -0.136. The standard InChI is InChI=1S/C12H12N4O3S/c17-10(18)6-7-16(9-4-2-1-3-5-9)12(19)14-11-15-13-8-20-11/h1-5,8H,6-7H2,(H,17,18)(H,14,15,19). The molecule has 1 aromatic carbocycles. The molecule has 0 unspecified atom stereocenters. The van der Waals surface area contributed by atoms with Crippen LogP contribution >= 0.6 is 11.3 Å². The van der Waals surface area contributed by atoms with Crippen molar-refractivity contribution in [3.05, 3.63) is 35.8 Å². The molecule has 0 saturated heterocycles. The van der Waals surface area contributed by atoms with Crippen LogP contribution in [0.5, 0.6) is 0 Å². The number of urea groups is 1. The highest BCUT2D eigenvalue weighted by molar-refractivity contribution is 7.13. The number of carboxylic acid groups (broad SMARTS) is 1. The van der Waals surface area contributed by atoms with E-state index >= 15 is 0 Å². The summed E-state index contributed by atoms with van der Waals surface area (Å²) in [6.07, 6.45) is -0.140. The van der Waals surface area contributed by atoms with E-state index in [-0.39, 0.29) is 13.0 Å². The van der Waals surface area contributed by atoms with Crippen LogP contribution in [0.3, 0.4) is 0 Å². The summed E-state index contributed by atoms with van der Waals surface area (Å²) in [4.78, 5) is 24.2. The third kappa shape index (κ3) is 3.75. The number of carbonyl (C=O) groups excluding carboxylic acids is 1. The Hall–Kier alpha value is -2.48. The topological polar surface area (TPSA) is 95.4 Å². The van der Waals surface area contributed by atoms with Crippen molar-refractivity contribution in [1.82, 2.24) is 10.2 Å². The van der Waals surface area contributed by atoms with Crippen LogP contribution < -0.4 is 10.2 Å². The van der Waals surface area contributed by atoms with E-state index < -0.39 is 12.0 Å². The number of benzene rings is 1. The first-order valence-corrected chi connectivity index (χ1v) is 6.66. The van der Waals surface area contributed by atoms with Crippen LogP contribution in [0.15, 0.2) is 35.8 Å². The molecular weight excluding hydrogens is 280 g/mol. The summed E-state index contributed by atoms with van der Waals surface area (Å²) in [5.74, 6) is -0.963. The van der Waals surface area contributed by atoms with Gasteiger partial charge < -0.3 is 5.11 Å². The fourth-order valence-electron chi connectivity index (χ4n) is 1.55. The zero-order valence-electron chi connectivity index (χ0n) is 10.4. The van der Waals surface area contributed by atoms with Gasteiger partial charge in [0.05, 0.1) is 6.42 Å². The lowest BCUT2D eigenvalue weighted by atomic mass is 10.3. The fraction of sp³-hybridized carbons (Fsp3) is 0.167. The van der Waals surface area contributed by atoms with Gasteiger partial charge in [-0.15, -0.1) is 10.2 Å². The Morgan fingerprint density at radius 2 is 2.05 bits per heavy atom. The zero-order chi connectivity index (χ0) is 14.4. The molecule has 8 heteroatoms. The third-order valence-electron chi connectivity index (χ3n) is 2.44. The molecule has 104 valence electrons. The molecule has 0 bridgehead atoms. The van der Waals surface area contributed by atoms with E-state index in [1.807, 2.05) is 6.07 Å². The quantitative estimate of drug-likeness (QED) is 0.879. The van der Waals surface area contributed by atoms with Gasteiger partial charge in [0.25, 0.3) is 0 Å². The number of aromatic nitrogens is 2. The maximum Gasteiger partial charge on any atom is 0.328 e. The number of amides is 2. The second-order valence-corrected chi connectivity index (χ2v) is 4.64. The van der Waals surface area contributed by atoms with Gasteiger partial charge >= 0.3 is 12.0 Å². The molecule has 2 rings (SSSR count). The van der Waals surface area contributed by atoms with Crippen molar-refractivity contribution >= 4 is 34.2 Å². The molecule has 1 heterocycles. The van der Waals surface area contributed by atoms with Crippen LogP contribution in [0.25, 0.3) is 0 Å². The van der Waals surface area contributed by atoms with Crippen LogP contribution in [0, 0.1) is 0 Å². The average molecular weight is 292 g/mol. The molecular formula is C12H12N4O3S. The summed E-state index contributed by atoms with van der Waals surface area (Å²) in [5.41, 5.74) is 2.12. The molecule has 2 aromatic rings. The normalized spacial score (nSPS) is 10.0. The minimum atomic E-state index is -0.963. The summed E-state index contributed by atoms with van der Waals surface area (Å²) >= 11 is 1.19. The van der Waals surface area contributed by atoms with Crippen molar-refractivity contribution in [1.29, 1.82) is 0 Å². The maximum atomic E-state index is 12.2. The van der Waals surface area contributed by atoms with E-state index in [0.717, 1.165) is 0 Å². The predicted octanol–water partition coefficient (Wildman–Crippen LogP) is 2.05. The number of anilines is 2. The summed E-state index contributed by atoms with van der Waals surface area (Å²) < 4.78 is 0. The van der Waals surface area contributed by atoms with Crippen LogP contribution in [0.2, 0.25) is 0 Å². The van der Waals surface area contributed by atoms with E-state index in [1.165, 1.54) is 21.7 Å². The van der Waals surface area contributed by atoms with Crippen molar-refractivity contribution in [3.8, 4) is 0 Å². The van der Waals surface area contributed by atoms with Crippen molar-refractivity contribution in [2.75, 3.05) is 16.8 Å². The Morgan fingerprint density at radius 1 is 1.30 bits per heavy atom. The van der Waals surface area contributed by atoms with E-state index in [2.05, 4.69) is 15.5 Å². The molecule has 0 aliphatic rings. The maximum absolute atomic E-state index is 12.2. The van der Waals surface area contributed by atoms with Gasteiger partial charge in [0.15, 0.2) is 0 Å². The Kier molecular flexibility index (Phi) is 4.61. The Morgan fingerprint density at radius 3 is 2.65 bits per heavy atom. The lowest BCUT2D eigenvalue weighted by Gasteiger charge is -2.21. The Labute approximate surface area is 118 Å². The molecule has 0 aliphatic carbocycles. The molecule has 0 fully saturated rings. The number of aliphatic carboxylic acids is 1. The van der Waals surface area contributed by atoms with E-state index in [0.29, 0.717) is 10.8 Å². The fourth-order valence-corrected chi connectivity index (χ4v) is 1.98. The van der Waals surface area contributed by atoms with Crippen LogP contribution in [-0.2, 0) is 4.79 Å². The van der Waals surface area contributed by atoms with Crippen molar-refractivity contribution < 1.29 is 14.7 Å². The van der Waals surface area contributed by atoms with Crippen LogP contribution in [0.1, 0.15) is 6.42 Å². The number of nitrogens with one attached hydrogen (secondary N) is 1. The average Bonchev–Trinajstić information content (AvgIpc) is 2.92. The molecule has 2 amide bonds. The molecule has 1 aromatic heterocycles. The number of para-hydroxylation sites is 1. The smallest absolute Gasteiger partial charge is 0.328 e. The van der Waals surface area contributed by atoms with Gasteiger partial charge in [0, 0.05) is 12.2 Å². The van der Waals surface area contributed by atoms with Gasteiger partial charge in [-0.1, -0.05) is 29.5 Å². The molecule has 2 N–H and O–H groups in total. The minimum Gasteiger partial charge on any atom is -0.481 e. The lowest BCUT2D eigenvalue weighted by Crippen LogP contribution is -2.36. The zero-order valence-corrected chi connectivity index (χ0v) is 11.2. The summed E-state index contributed by atoms with van der Waals surface area (Å²) in [7, 11) is 0. The molecule has 0 radical (unpaired) electrons. The highest BCUT2D eigenvalue weighted by Gasteiger charge is 2.17. The van der Waals surface area contributed by atoms with Gasteiger partial charge in [-0.2, -0.15) is 0 Å². The van der Waals surface area contributed by atoms with Crippen molar-refractivity contribution in [3.63, 3.8) is 0 Å². The first-order chi connectivity index (χ1) is 9.66. The van der Waals surface area contributed by atoms with E-state index in [4.69, 9.17) is 5.11 Å². The highest BCUT2D eigenvalue weighted by Crippen LogP contribution is 2.16. The van der Waals surface area contributed by atoms with Gasteiger partial charge in [0.1, 0.15) is 5.51 Å². The molecule has 0 saturated carbocycles. The second kappa shape index (κ2) is 6.62. The number of carboxylic acids is 1. The van der Waals surface area contributed by atoms with Gasteiger partial charge in [0.2, 0.25) is 5.13 Å². The Bertz CT molecular complexity index is 574. The minimum absolute atomic E-state index is 0.0734. The molecule has 0 aliphatic heterocycles. The molecule has 0 atom stereocenters. The second-order valence-electron chi connectivity index (χ2n) is 3.80. The summed E-state index contributed by atoms with van der Waals surface area (Å²) in [5, 5.41) is 19.1. The number of hydrogen-bond donors (Lipinski definition) is 2. The SMILES string of the molecule is O=C(O)CCN(C(=O)Nc1nncs1)c1ccccc1. The number of rotatable bonds is 5. The van der Waals surface area contributed by atoms with E-state index in [9.17, 15) is 9.59 Å². The summed E-state index contributed by atoms with van der Waals surface area (Å²) in [6, 6.07) is 8.42. The van der Waals surface area contributed by atoms with Gasteiger partial charge in [-0.05, 0) is 12.1 Å². The summed E-state index contributed by atoms with van der Waals surface area (Å²) in [6.45, 7) is 0.0734. The molecule has 7 nitrogen and oxygen atoms in total. The first-order valence-electron chi connectivity index (χ1n) is 5.78. The largest absolute Gasteiger partial charge is 0.481 e. The molecule has 20 heavy (non-hydrogen) atoms. The van der Waals surface area contributed by atoms with Crippen molar-refractivity contribution in [2.24, 2.45) is 0 Å². The number of hydrogen-bond acceptors (Lipinski definition) is 5. The first kappa shape index (κ1) is 13.9. The van der Waals surface area contributed by atoms with Crippen LogP contribution in [-0.4, -0.2) is 33.8 Å².